The highest BCUT2D eigenvalue weighted by atomic mass is 16.3. The van der Waals surface area contributed by atoms with Gasteiger partial charge >= 0.3 is 0 Å². The molecule has 0 fully saturated rings. The molecule has 114 valence electrons. The fourth-order valence-electron chi connectivity index (χ4n) is 1.55. The number of imidazole rings is 1. The zero-order valence-corrected chi connectivity index (χ0v) is 12.5. The minimum absolute atomic E-state index is 0.0829. The number of anilines is 2. The molecule has 0 unspecified atom stereocenters. The molecule has 0 atom stereocenters. The quantitative estimate of drug-likeness (QED) is 0.697. The largest absolute Gasteiger partial charge is 0.396 e. The van der Waals surface area contributed by atoms with Gasteiger partial charge in [0.15, 0.2) is 0 Å². The molecule has 0 aliphatic heterocycles. The number of aliphatic hydroxyl groups is 1. The monoisotopic (exact) mass is 291 g/mol. The molecule has 0 spiro atoms. The minimum Gasteiger partial charge on any atom is -0.396 e. The maximum atomic E-state index is 9.30. The van der Waals surface area contributed by atoms with Gasteiger partial charge < -0.3 is 15.7 Å². The molecule has 2 heterocycles. The normalized spacial score (nSPS) is 11.4. The van der Waals surface area contributed by atoms with Crippen molar-refractivity contribution in [1.29, 1.82) is 0 Å². The molecule has 0 saturated heterocycles. The lowest BCUT2D eigenvalue weighted by atomic mass is 9.95. The highest BCUT2D eigenvalue weighted by Crippen LogP contribution is 2.15. The van der Waals surface area contributed by atoms with Crippen molar-refractivity contribution < 1.29 is 5.11 Å². The van der Waals surface area contributed by atoms with Crippen LogP contribution in [0.25, 0.3) is 5.95 Å². The lowest BCUT2D eigenvalue weighted by Gasteiger charge is -2.22. The van der Waals surface area contributed by atoms with Crippen LogP contribution in [0.5, 0.6) is 0 Å². The van der Waals surface area contributed by atoms with E-state index in [1.165, 1.54) is 0 Å². The molecule has 2 aromatic rings. The molecular weight excluding hydrogens is 270 g/mol. The average Bonchev–Trinajstić information content (AvgIpc) is 3.00. The maximum Gasteiger partial charge on any atom is 0.241 e. The van der Waals surface area contributed by atoms with Crippen molar-refractivity contribution in [2.24, 2.45) is 5.41 Å². The molecule has 0 amide bonds. The van der Waals surface area contributed by atoms with E-state index in [0.29, 0.717) is 24.4 Å². The van der Waals surface area contributed by atoms with Gasteiger partial charge in [-0.3, -0.25) is 4.57 Å². The fraction of sp³-hybridized carbons (Fsp3) is 0.538. The first kappa shape index (κ1) is 15.2. The molecule has 2 rings (SSSR count). The lowest BCUT2D eigenvalue weighted by molar-refractivity contribution is 0.170. The summed E-state index contributed by atoms with van der Waals surface area (Å²) < 4.78 is 1.71. The summed E-state index contributed by atoms with van der Waals surface area (Å²) in [5.41, 5.74) is -0.250. The van der Waals surface area contributed by atoms with E-state index in [0.717, 1.165) is 6.54 Å². The molecule has 8 heteroatoms. The van der Waals surface area contributed by atoms with E-state index < -0.39 is 0 Å². The summed E-state index contributed by atoms with van der Waals surface area (Å²) in [5.74, 6) is 1.45. The molecule has 2 aromatic heterocycles. The molecule has 21 heavy (non-hydrogen) atoms. The first-order chi connectivity index (χ1) is 10.0. The van der Waals surface area contributed by atoms with Gasteiger partial charge in [-0.15, -0.1) is 0 Å². The molecular formula is C13H21N7O. The number of hydrogen-bond donors (Lipinski definition) is 3. The molecule has 8 nitrogen and oxygen atoms in total. The molecule has 3 N–H and O–H groups in total. The Morgan fingerprint density at radius 2 is 1.90 bits per heavy atom. The van der Waals surface area contributed by atoms with Gasteiger partial charge in [0.05, 0.1) is 0 Å². The van der Waals surface area contributed by atoms with Gasteiger partial charge in [0, 0.05) is 37.5 Å². The van der Waals surface area contributed by atoms with E-state index >= 15 is 0 Å². The Hall–Kier alpha value is -2.22. The van der Waals surface area contributed by atoms with Crippen molar-refractivity contribution in [1.82, 2.24) is 24.5 Å². The molecule has 0 saturated carbocycles. The highest BCUT2D eigenvalue weighted by molar-refractivity contribution is 5.38. The summed E-state index contributed by atoms with van der Waals surface area (Å²) in [6.45, 7) is 7.26. The summed E-state index contributed by atoms with van der Waals surface area (Å²) in [5, 5.41) is 15.5. The van der Waals surface area contributed by atoms with Crippen LogP contribution in [-0.4, -0.2) is 49.3 Å². The van der Waals surface area contributed by atoms with Crippen LogP contribution in [0.4, 0.5) is 11.9 Å². The number of nitrogens with zero attached hydrogens (tertiary/aromatic N) is 5. The Balaban J connectivity index is 2.24. The number of aromatic nitrogens is 5. The molecule has 0 aliphatic carbocycles. The van der Waals surface area contributed by atoms with Crippen LogP contribution in [-0.2, 0) is 0 Å². The predicted octanol–water partition coefficient (Wildman–Crippen LogP) is 0.919. The average molecular weight is 291 g/mol. The third kappa shape index (κ3) is 4.12. The number of hydrogen-bond acceptors (Lipinski definition) is 7. The second-order valence-corrected chi connectivity index (χ2v) is 5.46. The highest BCUT2D eigenvalue weighted by Gasteiger charge is 2.17. The van der Waals surface area contributed by atoms with Crippen LogP contribution in [0.3, 0.4) is 0 Å². The van der Waals surface area contributed by atoms with E-state index in [9.17, 15) is 5.11 Å². The number of nitrogens with one attached hydrogen (secondary N) is 2. The van der Waals surface area contributed by atoms with E-state index in [1.807, 2.05) is 20.8 Å². The van der Waals surface area contributed by atoms with E-state index in [2.05, 4.69) is 30.6 Å². The van der Waals surface area contributed by atoms with Crippen LogP contribution < -0.4 is 10.6 Å². The van der Waals surface area contributed by atoms with Crippen molar-refractivity contribution in [3.63, 3.8) is 0 Å². The zero-order chi connectivity index (χ0) is 15.3. The van der Waals surface area contributed by atoms with Crippen molar-refractivity contribution in [3.05, 3.63) is 18.7 Å². The summed E-state index contributed by atoms with van der Waals surface area (Å²) >= 11 is 0. The molecule has 0 radical (unpaired) electrons. The Bertz CT molecular complexity index is 568. The summed E-state index contributed by atoms with van der Waals surface area (Å²) in [6, 6.07) is 0. The third-order valence-corrected chi connectivity index (χ3v) is 2.85. The number of aliphatic hydroxyl groups excluding tert-OH is 1. The summed E-state index contributed by atoms with van der Waals surface area (Å²) in [7, 11) is 0. The van der Waals surface area contributed by atoms with Crippen molar-refractivity contribution >= 4 is 11.9 Å². The lowest BCUT2D eigenvalue weighted by Crippen LogP contribution is -2.27. The van der Waals surface area contributed by atoms with Crippen molar-refractivity contribution in [2.75, 3.05) is 30.3 Å². The third-order valence-electron chi connectivity index (χ3n) is 2.85. The van der Waals surface area contributed by atoms with Gasteiger partial charge in [-0.2, -0.15) is 15.0 Å². The summed E-state index contributed by atoms with van der Waals surface area (Å²) in [6.07, 6.45) is 5.07. The zero-order valence-electron chi connectivity index (χ0n) is 12.5. The van der Waals surface area contributed by atoms with Crippen LogP contribution in [0.1, 0.15) is 20.8 Å². The Labute approximate surface area is 123 Å². The number of rotatable bonds is 7. The first-order valence-corrected chi connectivity index (χ1v) is 6.87. The minimum atomic E-state index is -0.250. The smallest absolute Gasteiger partial charge is 0.241 e. The SMILES string of the molecule is CCNc1nc(NCC(C)(C)CO)nc(-n2ccnc2)n1. The van der Waals surface area contributed by atoms with Gasteiger partial charge in [0.2, 0.25) is 17.8 Å². The van der Waals surface area contributed by atoms with Crippen molar-refractivity contribution in [2.45, 2.75) is 20.8 Å². The van der Waals surface area contributed by atoms with Gasteiger partial charge in [-0.25, -0.2) is 4.98 Å². The topological polar surface area (TPSA) is 101 Å². The van der Waals surface area contributed by atoms with E-state index in [-0.39, 0.29) is 12.0 Å². The first-order valence-electron chi connectivity index (χ1n) is 6.87. The van der Waals surface area contributed by atoms with Gasteiger partial charge in [-0.1, -0.05) is 13.8 Å². The van der Waals surface area contributed by atoms with Gasteiger partial charge in [0.25, 0.3) is 0 Å². The van der Waals surface area contributed by atoms with Crippen LogP contribution in [0.15, 0.2) is 18.7 Å². The van der Waals surface area contributed by atoms with Crippen molar-refractivity contribution in [3.8, 4) is 5.95 Å². The molecule has 0 aliphatic rings. The van der Waals surface area contributed by atoms with E-state index in [1.54, 1.807) is 23.3 Å². The Kier molecular flexibility index (Phi) is 4.69. The Morgan fingerprint density at radius 3 is 2.48 bits per heavy atom. The fourth-order valence-corrected chi connectivity index (χ4v) is 1.55. The van der Waals surface area contributed by atoms with Crippen LogP contribution >= 0.6 is 0 Å². The van der Waals surface area contributed by atoms with Gasteiger partial charge in [-0.05, 0) is 6.92 Å². The van der Waals surface area contributed by atoms with E-state index in [4.69, 9.17) is 0 Å². The summed E-state index contributed by atoms with van der Waals surface area (Å²) in [4.78, 5) is 17.0. The molecule has 0 aromatic carbocycles. The predicted molar refractivity (Wildman–Crippen MR) is 80.5 cm³/mol. The Morgan fingerprint density at radius 1 is 1.19 bits per heavy atom. The standard InChI is InChI=1S/C13H21N7O/c1-4-15-10-17-11(16-7-13(2,3)8-21)19-12(18-10)20-6-5-14-9-20/h5-6,9,21H,4,7-8H2,1-3H3,(H2,15,16,17,18,19). The van der Waals surface area contributed by atoms with Gasteiger partial charge in [0.1, 0.15) is 6.33 Å². The van der Waals surface area contributed by atoms with Crippen LogP contribution in [0.2, 0.25) is 0 Å². The van der Waals surface area contributed by atoms with Crippen LogP contribution in [0, 0.1) is 5.41 Å². The maximum absolute atomic E-state index is 9.30. The molecule has 0 bridgehead atoms. The second kappa shape index (κ2) is 6.49. The second-order valence-electron chi connectivity index (χ2n) is 5.46.